The highest BCUT2D eigenvalue weighted by Gasteiger charge is 2.69. The molecule has 2 aliphatic carbocycles. The second-order valence-electron chi connectivity index (χ2n) is 12.2. The van der Waals surface area contributed by atoms with E-state index in [9.17, 15) is 33.9 Å². The number of aliphatic carboxylic acids is 1. The molecular formula is C33H31N3O10S2. The standard InChI is InChI=1S/C33H31N3O10S2/c1-3-45-32(42)14-4-7-16(8-5-14)34-21(37)13-46-19-9-6-15(10-20(19)44-2)23-24-17-11-18(27(24)47-29-28(23)48-33(43)35-29)26-25(17)30(40)36(31(26)41)12-22(38)39/h4-10,17-18,23-27H,3,11-13H2,1-2H3,(H,34,37)(H,35,43)(H,38,39)/t17?,18?,23-,24?,25?,26?,27?/m1/s1. The lowest BCUT2D eigenvalue weighted by atomic mass is 9.68. The molecule has 15 heteroatoms. The van der Waals surface area contributed by atoms with E-state index in [1.165, 1.54) is 18.9 Å². The zero-order valence-electron chi connectivity index (χ0n) is 25.8. The fraction of sp³-hybridized carbons (Fsp3) is 0.394. The minimum atomic E-state index is -1.23. The van der Waals surface area contributed by atoms with E-state index < -0.39 is 48.0 Å². The molecule has 6 unspecified atom stereocenters. The van der Waals surface area contributed by atoms with Gasteiger partial charge < -0.3 is 29.6 Å². The summed E-state index contributed by atoms with van der Waals surface area (Å²) in [4.78, 5) is 79.8. The number of carbonyl (C=O) groups is 5. The van der Waals surface area contributed by atoms with Gasteiger partial charge in [0.15, 0.2) is 18.1 Å². The van der Waals surface area contributed by atoms with Crippen LogP contribution in [-0.2, 0) is 23.9 Å². The van der Waals surface area contributed by atoms with E-state index in [2.05, 4.69) is 10.3 Å². The summed E-state index contributed by atoms with van der Waals surface area (Å²) in [5, 5.41) is 12.7. The van der Waals surface area contributed by atoms with Gasteiger partial charge in [0.05, 0.1) is 36.1 Å². The maximum Gasteiger partial charge on any atom is 0.338 e. The number of aromatic nitrogens is 1. The van der Waals surface area contributed by atoms with Gasteiger partial charge in [-0.25, -0.2) is 4.79 Å². The van der Waals surface area contributed by atoms with Gasteiger partial charge in [-0.3, -0.25) is 28.9 Å². The van der Waals surface area contributed by atoms with Crippen LogP contribution in [0.2, 0.25) is 0 Å². The summed E-state index contributed by atoms with van der Waals surface area (Å²) in [6.07, 6.45) is 0.671. The Morgan fingerprint density at radius 2 is 1.75 bits per heavy atom. The van der Waals surface area contributed by atoms with Gasteiger partial charge in [-0.2, -0.15) is 0 Å². The van der Waals surface area contributed by atoms with Crippen LogP contribution in [-0.4, -0.2) is 76.8 Å². The fourth-order valence-corrected chi connectivity index (χ4v) is 10.9. The van der Waals surface area contributed by atoms with Gasteiger partial charge in [0.1, 0.15) is 6.54 Å². The van der Waals surface area contributed by atoms with Crippen molar-refractivity contribution in [3.63, 3.8) is 0 Å². The normalized spacial score (nSPS) is 26.5. The summed E-state index contributed by atoms with van der Waals surface area (Å²) in [6, 6.07) is 11.7. The number of imide groups is 1. The van der Waals surface area contributed by atoms with Crippen molar-refractivity contribution in [1.82, 2.24) is 9.88 Å². The lowest BCUT2D eigenvalue weighted by molar-refractivity contribution is -0.149. The smallest absolute Gasteiger partial charge is 0.338 e. The number of hydrogen-bond donors (Lipinski definition) is 3. The first-order chi connectivity index (χ1) is 23.1. The molecular weight excluding hydrogens is 663 g/mol. The number of likely N-dealkylation sites (tertiary alicyclic amines) is 1. The molecule has 3 aromatic rings. The molecule has 1 aromatic heterocycles. The first-order valence-electron chi connectivity index (χ1n) is 15.4. The third-order valence-electron chi connectivity index (χ3n) is 9.69. The highest BCUT2D eigenvalue weighted by Crippen LogP contribution is 2.68. The first kappa shape index (κ1) is 31.9. The van der Waals surface area contributed by atoms with Gasteiger partial charge in [0, 0.05) is 21.7 Å². The number of nitrogens with zero attached hydrogens (tertiary/aromatic N) is 1. The Hall–Kier alpha value is -4.63. The molecule has 13 nitrogen and oxygen atoms in total. The summed E-state index contributed by atoms with van der Waals surface area (Å²) in [6.45, 7) is 1.01. The third kappa shape index (κ3) is 5.34. The number of thioether (sulfide) groups is 1. The lowest BCUT2D eigenvalue weighted by Gasteiger charge is -2.43. The molecule has 2 aromatic carbocycles. The fourth-order valence-electron chi connectivity index (χ4n) is 7.98. The number of benzene rings is 2. The molecule has 3 heterocycles. The van der Waals surface area contributed by atoms with Crippen molar-refractivity contribution in [2.24, 2.45) is 29.6 Å². The Morgan fingerprint density at radius 1 is 1.02 bits per heavy atom. The monoisotopic (exact) mass is 693 g/mol. The Bertz CT molecular complexity index is 1890. The minimum absolute atomic E-state index is 0.0579. The molecule has 7 rings (SSSR count). The lowest BCUT2D eigenvalue weighted by Crippen LogP contribution is -2.42. The second kappa shape index (κ2) is 12.4. The van der Waals surface area contributed by atoms with Crippen LogP contribution < -0.4 is 19.7 Å². The predicted molar refractivity (Wildman–Crippen MR) is 172 cm³/mol. The van der Waals surface area contributed by atoms with E-state index in [1.54, 1.807) is 37.3 Å². The number of esters is 1. The zero-order valence-corrected chi connectivity index (χ0v) is 27.4. The number of H-pyrrole nitrogens is 1. The molecule has 250 valence electrons. The van der Waals surface area contributed by atoms with Gasteiger partial charge in [-0.05, 0) is 73.1 Å². The van der Waals surface area contributed by atoms with Crippen LogP contribution in [0.25, 0.3) is 0 Å². The number of carboxylic acids is 1. The van der Waals surface area contributed by atoms with Crippen LogP contribution in [0.5, 0.6) is 11.5 Å². The molecule has 2 aliphatic heterocycles. The van der Waals surface area contributed by atoms with Crippen molar-refractivity contribution in [2.45, 2.75) is 29.5 Å². The van der Waals surface area contributed by atoms with E-state index in [4.69, 9.17) is 14.2 Å². The van der Waals surface area contributed by atoms with E-state index in [-0.39, 0.29) is 47.0 Å². The number of thiazole rings is 1. The molecule has 3 N–H and O–H groups in total. The maximum absolute atomic E-state index is 13.4. The van der Waals surface area contributed by atoms with Crippen molar-refractivity contribution in [3.05, 3.63) is 68.1 Å². The van der Waals surface area contributed by atoms with Crippen molar-refractivity contribution < 1.29 is 43.3 Å². The minimum Gasteiger partial charge on any atom is -0.493 e. The predicted octanol–water partition coefficient (Wildman–Crippen LogP) is 3.20. The van der Waals surface area contributed by atoms with E-state index >= 15 is 0 Å². The van der Waals surface area contributed by atoms with Crippen molar-refractivity contribution in [2.75, 3.05) is 32.2 Å². The molecule has 1 saturated heterocycles. The van der Waals surface area contributed by atoms with Crippen molar-refractivity contribution in [1.29, 1.82) is 0 Å². The van der Waals surface area contributed by atoms with Crippen LogP contribution in [0.15, 0.2) is 52.3 Å². The van der Waals surface area contributed by atoms with Crippen LogP contribution in [0.4, 0.5) is 5.69 Å². The average Bonchev–Trinajstić information content (AvgIpc) is 3.80. The summed E-state index contributed by atoms with van der Waals surface area (Å²) in [5.41, 5.74) is 1.68. The number of carbonyl (C=O) groups excluding carboxylic acids is 4. The van der Waals surface area contributed by atoms with Gasteiger partial charge in [0.25, 0.3) is 5.91 Å². The Kier molecular flexibility index (Phi) is 8.27. The molecule has 2 bridgehead atoms. The Morgan fingerprint density at radius 3 is 2.44 bits per heavy atom. The number of hydrogen-bond acceptors (Lipinski definition) is 11. The number of carboxylic acid groups (broad SMARTS) is 1. The summed E-state index contributed by atoms with van der Waals surface area (Å²) in [5.74, 6) is -4.07. The largest absolute Gasteiger partial charge is 0.493 e. The molecule has 3 amide bonds. The highest BCUT2D eigenvalue weighted by molar-refractivity contribution is 8.00. The van der Waals surface area contributed by atoms with Crippen molar-refractivity contribution in [3.8, 4) is 11.5 Å². The summed E-state index contributed by atoms with van der Waals surface area (Å²) >= 11 is 2.66. The summed E-state index contributed by atoms with van der Waals surface area (Å²) < 4.78 is 16.5. The van der Waals surface area contributed by atoms with E-state index in [0.29, 0.717) is 29.2 Å². The third-order valence-corrected chi connectivity index (χ3v) is 12.3. The van der Waals surface area contributed by atoms with E-state index in [0.717, 1.165) is 31.7 Å². The van der Waals surface area contributed by atoms with Crippen LogP contribution in [0.3, 0.4) is 0 Å². The molecule has 2 saturated carbocycles. The maximum atomic E-state index is 13.4. The number of aromatic amines is 1. The molecule has 0 radical (unpaired) electrons. The Labute approximate surface area is 281 Å². The van der Waals surface area contributed by atoms with Gasteiger partial charge >= 0.3 is 16.8 Å². The van der Waals surface area contributed by atoms with Crippen LogP contribution in [0.1, 0.15) is 40.1 Å². The SMILES string of the molecule is CCOC(=O)c1ccc(NC(=O)COc2ccc([C@H]3c4sc(=O)[nH]c4SC4C5CC(C6C(=O)N(CC(=O)O)C(=O)C56)C43)cc2OC)cc1. The molecule has 7 atom stereocenters. The Balaban J connectivity index is 1.11. The number of nitrogens with one attached hydrogen (secondary N) is 2. The van der Waals surface area contributed by atoms with Gasteiger partial charge in [-0.1, -0.05) is 17.4 Å². The van der Waals surface area contributed by atoms with Gasteiger partial charge in [0.2, 0.25) is 11.8 Å². The van der Waals surface area contributed by atoms with Crippen molar-refractivity contribution >= 4 is 58.4 Å². The topological polar surface area (TPSA) is 181 Å². The average molecular weight is 694 g/mol. The number of methoxy groups -OCH3 is 1. The molecule has 3 fully saturated rings. The van der Waals surface area contributed by atoms with Crippen LogP contribution >= 0.6 is 23.1 Å². The first-order valence-corrected chi connectivity index (χ1v) is 17.1. The number of fused-ring (bicyclic) bond motifs is 9. The van der Waals surface area contributed by atoms with Gasteiger partial charge in [-0.15, -0.1) is 11.8 Å². The summed E-state index contributed by atoms with van der Waals surface area (Å²) in [7, 11) is 1.48. The molecule has 4 aliphatic rings. The molecule has 0 spiro atoms. The molecule has 48 heavy (non-hydrogen) atoms. The van der Waals surface area contributed by atoms with E-state index in [1.807, 2.05) is 12.1 Å². The number of ether oxygens (including phenoxy) is 3. The number of amides is 3. The van der Waals surface area contributed by atoms with Crippen LogP contribution in [0, 0.1) is 29.6 Å². The second-order valence-corrected chi connectivity index (χ2v) is 14.4. The number of anilines is 1. The highest BCUT2D eigenvalue weighted by atomic mass is 32.2. The number of rotatable bonds is 10. The zero-order chi connectivity index (χ0) is 33.9. The quantitative estimate of drug-likeness (QED) is 0.210.